The van der Waals surface area contributed by atoms with Gasteiger partial charge in [0.2, 0.25) is 0 Å². The quantitative estimate of drug-likeness (QED) is 0.917. The number of H-pyrrole nitrogens is 1. The molecule has 3 rings (SSSR count). The molecule has 1 aliphatic rings. The van der Waals surface area contributed by atoms with E-state index in [1.807, 2.05) is 0 Å². The summed E-state index contributed by atoms with van der Waals surface area (Å²) in [4.78, 5) is 17.4. The van der Waals surface area contributed by atoms with Crippen LogP contribution in [-0.2, 0) is 0 Å². The van der Waals surface area contributed by atoms with Crippen LogP contribution in [0.1, 0.15) is 39.3 Å². The third-order valence-corrected chi connectivity index (χ3v) is 4.15. The number of halogens is 1. The van der Waals surface area contributed by atoms with E-state index in [1.165, 1.54) is 12.1 Å². The van der Waals surface area contributed by atoms with Crippen LogP contribution in [0.25, 0.3) is 11.0 Å². The van der Waals surface area contributed by atoms with Crippen molar-refractivity contribution in [2.45, 2.75) is 45.3 Å². The zero-order valence-corrected chi connectivity index (χ0v) is 11.9. The first-order valence-corrected chi connectivity index (χ1v) is 7.23. The van der Waals surface area contributed by atoms with Gasteiger partial charge in [0.05, 0.1) is 17.2 Å². The summed E-state index contributed by atoms with van der Waals surface area (Å²) in [5.41, 5.74) is 1.21. The summed E-state index contributed by atoms with van der Waals surface area (Å²) in [7, 11) is 0. The first-order chi connectivity index (χ1) is 9.58. The van der Waals surface area contributed by atoms with E-state index in [2.05, 4.69) is 23.7 Å². The number of nitrogens with one attached hydrogen (secondary N) is 1. The first-order valence-electron chi connectivity index (χ1n) is 7.23. The molecule has 1 saturated heterocycles. The summed E-state index contributed by atoms with van der Waals surface area (Å²) in [5.74, 6) is -0.308. The first kappa shape index (κ1) is 13.4. The van der Waals surface area contributed by atoms with Gasteiger partial charge in [0.25, 0.3) is 0 Å². The van der Waals surface area contributed by atoms with Crippen molar-refractivity contribution in [3.8, 4) is 0 Å². The van der Waals surface area contributed by atoms with Crippen molar-refractivity contribution >= 4 is 11.0 Å². The second-order valence-corrected chi connectivity index (χ2v) is 5.77. The number of likely N-dealkylation sites (tertiary alicyclic amines) is 1. The Kier molecular flexibility index (Phi) is 3.38. The molecule has 0 radical (unpaired) electrons. The van der Waals surface area contributed by atoms with Crippen LogP contribution >= 0.6 is 0 Å². The van der Waals surface area contributed by atoms with E-state index in [-0.39, 0.29) is 17.7 Å². The molecule has 108 valence electrons. The van der Waals surface area contributed by atoms with Crippen LogP contribution in [0.4, 0.5) is 4.39 Å². The average molecular weight is 277 g/mol. The lowest BCUT2D eigenvalue weighted by Gasteiger charge is -2.39. The van der Waals surface area contributed by atoms with Gasteiger partial charge >= 0.3 is 5.69 Å². The molecule has 1 aliphatic heterocycles. The van der Waals surface area contributed by atoms with E-state index in [0.29, 0.717) is 17.1 Å². The second kappa shape index (κ2) is 5.05. The van der Waals surface area contributed by atoms with Crippen LogP contribution in [0, 0.1) is 5.82 Å². The summed E-state index contributed by atoms with van der Waals surface area (Å²) in [6, 6.07) is 4.82. The number of piperidine rings is 1. The van der Waals surface area contributed by atoms with Gasteiger partial charge in [0.15, 0.2) is 0 Å². The summed E-state index contributed by atoms with van der Waals surface area (Å²) in [5, 5.41) is 0. The highest BCUT2D eigenvalue weighted by Crippen LogP contribution is 2.29. The number of aromatic amines is 1. The van der Waals surface area contributed by atoms with Crippen molar-refractivity contribution in [2.75, 3.05) is 6.54 Å². The monoisotopic (exact) mass is 277 g/mol. The van der Waals surface area contributed by atoms with Crippen LogP contribution < -0.4 is 5.69 Å². The van der Waals surface area contributed by atoms with Crippen LogP contribution in [0.5, 0.6) is 0 Å². The van der Waals surface area contributed by atoms with Gasteiger partial charge in [-0.05, 0) is 51.3 Å². The number of aromatic nitrogens is 2. The van der Waals surface area contributed by atoms with E-state index in [1.54, 1.807) is 10.6 Å². The summed E-state index contributed by atoms with van der Waals surface area (Å²) < 4.78 is 15.2. The lowest BCUT2D eigenvalue weighted by Crippen LogP contribution is -2.43. The molecule has 2 aromatic rings. The molecule has 1 fully saturated rings. The minimum atomic E-state index is -0.308. The smallest absolute Gasteiger partial charge is 0.305 e. The molecule has 5 heteroatoms. The molecule has 0 aliphatic carbocycles. The molecular weight excluding hydrogens is 257 g/mol. The molecule has 2 heterocycles. The van der Waals surface area contributed by atoms with Crippen molar-refractivity contribution in [2.24, 2.45) is 0 Å². The van der Waals surface area contributed by atoms with Gasteiger partial charge in [-0.2, -0.15) is 0 Å². The largest absolute Gasteiger partial charge is 0.327 e. The van der Waals surface area contributed by atoms with Crippen molar-refractivity contribution in [3.63, 3.8) is 0 Å². The number of hydrogen-bond acceptors (Lipinski definition) is 2. The highest BCUT2D eigenvalue weighted by molar-refractivity contribution is 5.75. The Morgan fingerprint density at radius 1 is 1.35 bits per heavy atom. The Bertz CT molecular complexity index is 673. The van der Waals surface area contributed by atoms with Gasteiger partial charge in [-0.25, -0.2) is 9.18 Å². The molecule has 1 unspecified atom stereocenters. The van der Waals surface area contributed by atoms with Gasteiger partial charge < -0.3 is 4.98 Å². The Morgan fingerprint density at radius 2 is 2.15 bits per heavy atom. The Hall–Kier alpha value is -1.62. The maximum atomic E-state index is 13.5. The summed E-state index contributed by atoms with van der Waals surface area (Å²) in [6.45, 7) is 5.26. The normalized spacial score (nSPS) is 20.9. The van der Waals surface area contributed by atoms with Crippen LogP contribution in [-0.4, -0.2) is 27.0 Å². The van der Waals surface area contributed by atoms with Gasteiger partial charge in [0, 0.05) is 12.6 Å². The van der Waals surface area contributed by atoms with Crippen molar-refractivity contribution in [1.82, 2.24) is 14.5 Å². The van der Waals surface area contributed by atoms with E-state index in [0.717, 1.165) is 25.8 Å². The Morgan fingerprint density at radius 3 is 2.90 bits per heavy atom. The van der Waals surface area contributed by atoms with Crippen molar-refractivity contribution in [3.05, 3.63) is 34.5 Å². The predicted octanol–water partition coefficient (Wildman–Crippen LogP) is 2.86. The Labute approximate surface area is 117 Å². The zero-order chi connectivity index (χ0) is 14.3. The Balaban J connectivity index is 2.14. The third kappa shape index (κ3) is 2.16. The molecular formula is C15H20FN3O. The molecule has 1 aromatic heterocycles. The third-order valence-electron chi connectivity index (χ3n) is 4.15. The van der Waals surface area contributed by atoms with Crippen LogP contribution in [0.3, 0.4) is 0 Å². The van der Waals surface area contributed by atoms with Gasteiger partial charge in [-0.1, -0.05) is 0 Å². The molecule has 0 bridgehead atoms. The number of hydrogen-bond donors (Lipinski definition) is 1. The fraction of sp³-hybridized carbons (Fsp3) is 0.533. The highest BCUT2D eigenvalue weighted by atomic mass is 19.1. The SMILES string of the molecule is CC(C)N1CCCCC1n1c(=O)[nH]c2ccc(F)cc21. The number of rotatable bonds is 2. The average Bonchev–Trinajstić information content (AvgIpc) is 2.74. The topological polar surface area (TPSA) is 41.0 Å². The van der Waals surface area contributed by atoms with E-state index < -0.39 is 0 Å². The molecule has 1 atom stereocenters. The van der Waals surface area contributed by atoms with Gasteiger partial charge in [0.1, 0.15) is 5.82 Å². The fourth-order valence-electron chi connectivity index (χ4n) is 3.21. The number of nitrogens with zero attached hydrogens (tertiary/aromatic N) is 2. The lowest BCUT2D eigenvalue weighted by atomic mass is 10.1. The molecule has 4 nitrogen and oxygen atoms in total. The molecule has 20 heavy (non-hydrogen) atoms. The number of fused-ring (bicyclic) bond motifs is 1. The summed E-state index contributed by atoms with van der Waals surface area (Å²) >= 11 is 0. The minimum absolute atomic E-state index is 0.0202. The molecule has 1 N–H and O–H groups in total. The number of benzene rings is 1. The predicted molar refractivity (Wildman–Crippen MR) is 77.2 cm³/mol. The maximum Gasteiger partial charge on any atom is 0.327 e. The summed E-state index contributed by atoms with van der Waals surface area (Å²) in [6.07, 6.45) is 3.20. The van der Waals surface area contributed by atoms with E-state index in [4.69, 9.17) is 0 Å². The van der Waals surface area contributed by atoms with Crippen LogP contribution in [0.15, 0.2) is 23.0 Å². The second-order valence-electron chi connectivity index (χ2n) is 5.77. The van der Waals surface area contributed by atoms with Crippen molar-refractivity contribution < 1.29 is 4.39 Å². The van der Waals surface area contributed by atoms with E-state index in [9.17, 15) is 9.18 Å². The van der Waals surface area contributed by atoms with Crippen molar-refractivity contribution in [1.29, 1.82) is 0 Å². The molecule has 1 aromatic carbocycles. The fourth-order valence-corrected chi connectivity index (χ4v) is 3.21. The standard InChI is InChI=1S/C15H20FN3O/c1-10(2)18-8-4-3-5-14(18)19-13-9-11(16)6-7-12(13)17-15(19)20/h6-7,9-10,14H,3-5,8H2,1-2H3,(H,17,20). The van der Waals surface area contributed by atoms with Gasteiger partial charge in [-0.3, -0.25) is 9.47 Å². The maximum absolute atomic E-state index is 13.5. The zero-order valence-electron chi connectivity index (χ0n) is 11.9. The minimum Gasteiger partial charge on any atom is -0.305 e. The molecule has 0 saturated carbocycles. The lowest BCUT2D eigenvalue weighted by molar-refractivity contribution is 0.0649. The number of imidazole rings is 1. The van der Waals surface area contributed by atoms with Crippen LogP contribution in [0.2, 0.25) is 0 Å². The highest BCUT2D eigenvalue weighted by Gasteiger charge is 2.28. The van der Waals surface area contributed by atoms with E-state index >= 15 is 0 Å². The van der Waals surface area contributed by atoms with Gasteiger partial charge in [-0.15, -0.1) is 0 Å². The molecule has 0 spiro atoms. The molecule has 0 amide bonds.